The van der Waals surface area contributed by atoms with Crippen LogP contribution in [0.15, 0.2) is 16.3 Å². The average Bonchev–Trinajstić information content (AvgIpc) is 2.88. The van der Waals surface area contributed by atoms with Gasteiger partial charge >= 0.3 is 0 Å². The second kappa shape index (κ2) is 6.10. The molecule has 0 bridgehead atoms. The summed E-state index contributed by atoms with van der Waals surface area (Å²) in [7, 11) is 0.750. The molecule has 2 heterocycles. The van der Waals surface area contributed by atoms with Gasteiger partial charge in [0.05, 0.1) is 10.8 Å². The van der Waals surface area contributed by atoms with Crippen molar-refractivity contribution in [3.05, 3.63) is 16.3 Å². The first-order valence-corrected chi connectivity index (χ1v) is 9.10. The quantitative estimate of drug-likeness (QED) is 0.798. The number of thiophene rings is 1. The highest BCUT2D eigenvalue weighted by Crippen LogP contribution is 2.26. The standard InChI is InChI=1S/C12H19ClN2O2S2/c1-14(2)10-3-5-15(6-4-10)19(16,17)12-7-11(8-13)18-9-12/h7,9-10H,3-6,8H2,1-2H3. The third-order valence-corrected chi connectivity index (χ3v) is 6.96. The third-order valence-electron chi connectivity index (χ3n) is 3.55. The summed E-state index contributed by atoms with van der Waals surface area (Å²) in [4.78, 5) is 3.44. The van der Waals surface area contributed by atoms with Crippen LogP contribution < -0.4 is 0 Å². The molecule has 0 N–H and O–H groups in total. The Hall–Kier alpha value is -0.140. The van der Waals surface area contributed by atoms with Gasteiger partial charge < -0.3 is 4.90 Å². The number of hydrogen-bond acceptors (Lipinski definition) is 4. The van der Waals surface area contributed by atoms with Crippen LogP contribution in [0.4, 0.5) is 0 Å². The fourth-order valence-electron chi connectivity index (χ4n) is 2.31. The molecule has 0 aromatic carbocycles. The van der Waals surface area contributed by atoms with Gasteiger partial charge in [-0.2, -0.15) is 4.31 Å². The van der Waals surface area contributed by atoms with Gasteiger partial charge in [0, 0.05) is 29.4 Å². The zero-order chi connectivity index (χ0) is 14.0. The van der Waals surface area contributed by atoms with Crippen LogP contribution in [0.3, 0.4) is 0 Å². The van der Waals surface area contributed by atoms with Crippen molar-refractivity contribution in [2.24, 2.45) is 0 Å². The molecule has 2 rings (SSSR count). The Morgan fingerprint density at radius 3 is 2.53 bits per heavy atom. The first-order valence-electron chi connectivity index (χ1n) is 6.25. The van der Waals surface area contributed by atoms with E-state index < -0.39 is 10.0 Å². The van der Waals surface area contributed by atoms with E-state index in [1.54, 1.807) is 15.8 Å². The Morgan fingerprint density at radius 2 is 2.05 bits per heavy atom. The van der Waals surface area contributed by atoms with E-state index in [9.17, 15) is 8.42 Å². The normalized spacial score (nSPS) is 19.2. The summed E-state index contributed by atoms with van der Waals surface area (Å²) in [6.45, 7) is 1.19. The van der Waals surface area contributed by atoms with Gasteiger partial charge in [0.2, 0.25) is 10.0 Å². The molecule has 0 atom stereocenters. The molecule has 0 spiro atoms. The van der Waals surface area contributed by atoms with Crippen LogP contribution >= 0.6 is 22.9 Å². The van der Waals surface area contributed by atoms with Gasteiger partial charge in [0.1, 0.15) is 0 Å². The van der Waals surface area contributed by atoms with Crippen molar-refractivity contribution in [3.63, 3.8) is 0 Å². The number of sulfonamides is 1. The van der Waals surface area contributed by atoms with Crippen LogP contribution in [0.5, 0.6) is 0 Å². The molecule has 108 valence electrons. The van der Waals surface area contributed by atoms with E-state index in [4.69, 9.17) is 11.6 Å². The summed E-state index contributed by atoms with van der Waals surface area (Å²) in [6.07, 6.45) is 1.78. The fourth-order valence-corrected chi connectivity index (χ4v) is 5.16. The lowest BCUT2D eigenvalue weighted by molar-refractivity contribution is 0.196. The summed E-state index contributed by atoms with van der Waals surface area (Å²) < 4.78 is 26.5. The first-order chi connectivity index (χ1) is 8.95. The number of rotatable bonds is 4. The van der Waals surface area contributed by atoms with Crippen molar-refractivity contribution < 1.29 is 8.42 Å². The SMILES string of the molecule is CN(C)C1CCN(S(=O)(=O)c2csc(CCl)c2)CC1. The lowest BCUT2D eigenvalue weighted by Crippen LogP contribution is -2.44. The maximum atomic E-state index is 12.5. The maximum absolute atomic E-state index is 12.5. The predicted octanol–water partition coefficient (Wildman–Crippen LogP) is 2.20. The number of nitrogens with zero attached hydrogens (tertiary/aromatic N) is 2. The molecule has 1 saturated heterocycles. The highest BCUT2D eigenvalue weighted by atomic mass is 35.5. The molecule has 4 nitrogen and oxygen atoms in total. The minimum atomic E-state index is -3.33. The molecule has 1 aliphatic rings. The molecule has 0 amide bonds. The Labute approximate surface area is 124 Å². The third kappa shape index (κ3) is 3.31. The molecule has 1 aromatic rings. The minimum absolute atomic E-state index is 0.364. The van der Waals surface area contributed by atoms with Gasteiger partial charge in [-0.1, -0.05) is 0 Å². The zero-order valence-electron chi connectivity index (χ0n) is 11.2. The molecule has 7 heteroatoms. The summed E-state index contributed by atoms with van der Waals surface area (Å²) in [5.74, 6) is 0.364. The van der Waals surface area contributed by atoms with E-state index in [0.717, 1.165) is 17.7 Å². The van der Waals surface area contributed by atoms with E-state index in [1.807, 2.05) is 14.1 Å². The molecule has 1 aromatic heterocycles. The van der Waals surface area contributed by atoms with Crippen LogP contribution in [0.2, 0.25) is 0 Å². The highest BCUT2D eigenvalue weighted by Gasteiger charge is 2.30. The Kier molecular flexibility index (Phi) is 4.89. The molecule has 0 radical (unpaired) electrons. The summed E-state index contributed by atoms with van der Waals surface area (Å²) in [5, 5.41) is 1.69. The summed E-state index contributed by atoms with van der Waals surface area (Å²) in [5.41, 5.74) is 0. The lowest BCUT2D eigenvalue weighted by atomic mass is 10.1. The van der Waals surface area contributed by atoms with Crippen LogP contribution in [0, 0.1) is 0 Å². The molecule has 0 aliphatic carbocycles. The second-order valence-corrected chi connectivity index (χ2v) is 8.18. The van der Waals surface area contributed by atoms with Crippen LogP contribution in [0.25, 0.3) is 0 Å². The molecule has 0 unspecified atom stereocenters. The van der Waals surface area contributed by atoms with Gasteiger partial charge in [0.15, 0.2) is 0 Å². The van der Waals surface area contributed by atoms with E-state index in [0.29, 0.717) is 29.9 Å². The lowest BCUT2D eigenvalue weighted by Gasteiger charge is -2.34. The number of hydrogen-bond donors (Lipinski definition) is 0. The van der Waals surface area contributed by atoms with Gasteiger partial charge in [-0.3, -0.25) is 0 Å². The van der Waals surface area contributed by atoms with E-state index in [-0.39, 0.29) is 0 Å². The highest BCUT2D eigenvalue weighted by molar-refractivity contribution is 7.89. The summed E-state index contributed by atoms with van der Waals surface area (Å²) in [6, 6.07) is 2.16. The maximum Gasteiger partial charge on any atom is 0.243 e. The average molecular weight is 323 g/mol. The van der Waals surface area contributed by atoms with Gasteiger partial charge in [-0.15, -0.1) is 22.9 Å². The molecular formula is C12H19ClN2O2S2. The number of piperidine rings is 1. The minimum Gasteiger partial charge on any atom is -0.306 e. The van der Waals surface area contributed by atoms with Crippen molar-refractivity contribution in [2.75, 3.05) is 27.2 Å². The van der Waals surface area contributed by atoms with E-state index in [1.165, 1.54) is 11.3 Å². The second-order valence-electron chi connectivity index (χ2n) is 4.98. The molecular weight excluding hydrogens is 304 g/mol. The molecule has 19 heavy (non-hydrogen) atoms. The molecule has 0 saturated carbocycles. The Morgan fingerprint density at radius 1 is 1.42 bits per heavy atom. The van der Waals surface area contributed by atoms with Crippen molar-refractivity contribution >= 4 is 33.0 Å². The van der Waals surface area contributed by atoms with Crippen molar-refractivity contribution in [1.29, 1.82) is 0 Å². The van der Waals surface area contributed by atoms with Crippen LogP contribution in [-0.2, 0) is 15.9 Å². The number of alkyl halides is 1. The Bertz CT molecular complexity index is 520. The largest absolute Gasteiger partial charge is 0.306 e. The van der Waals surface area contributed by atoms with Crippen molar-refractivity contribution in [3.8, 4) is 0 Å². The van der Waals surface area contributed by atoms with Gasteiger partial charge in [0.25, 0.3) is 0 Å². The predicted molar refractivity (Wildman–Crippen MR) is 79.3 cm³/mol. The van der Waals surface area contributed by atoms with E-state index >= 15 is 0 Å². The van der Waals surface area contributed by atoms with Crippen molar-refractivity contribution in [2.45, 2.75) is 29.7 Å². The van der Waals surface area contributed by atoms with Crippen molar-refractivity contribution in [1.82, 2.24) is 9.21 Å². The Balaban J connectivity index is 2.09. The summed E-state index contributed by atoms with van der Waals surface area (Å²) >= 11 is 7.13. The monoisotopic (exact) mass is 322 g/mol. The van der Waals surface area contributed by atoms with Gasteiger partial charge in [-0.25, -0.2) is 8.42 Å². The van der Waals surface area contributed by atoms with Gasteiger partial charge in [-0.05, 0) is 33.0 Å². The molecule has 1 fully saturated rings. The van der Waals surface area contributed by atoms with Crippen LogP contribution in [0.1, 0.15) is 17.7 Å². The topological polar surface area (TPSA) is 40.6 Å². The first kappa shape index (κ1) is 15.3. The fraction of sp³-hybridized carbons (Fsp3) is 0.667. The molecule has 1 aliphatic heterocycles. The zero-order valence-corrected chi connectivity index (χ0v) is 13.6. The smallest absolute Gasteiger partial charge is 0.243 e. The number of halogens is 1. The van der Waals surface area contributed by atoms with E-state index in [2.05, 4.69) is 4.90 Å². The van der Waals surface area contributed by atoms with Crippen LogP contribution in [-0.4, -0.2) is 50.8 Å².